The Morgan fingerprint density at radius 3 is 2.67 bits per heavy atom. The van der Waals surface area contributed by atoms with Crippen LogP contribution in [0.25, 0.3) is 11.4 Å². The number of hydroxylamine groups is 2. The minimum Gasteiger partial charge on any atom is -0.406 e. The predicted octanol–water partition coefficient (Wildman–Crippen LogP) is 2.62. The quantitative estimate of drug-likeness (QED) is 0.882. The highest BCUT2D eigenvalue weighted by Gasteiger charge is 2.31. The van der Waals surface area contributed by atoms with Gasteiger partial charge in [-0.05, 0) is 24.3 Å². The van der Waals surface area contributed by atoms with Crippen LogP contribution in [0.15, 0.2) is 45.8 Å². The van der Waals surface area contributed by atoms with E-state index in [1.54, 1.807) is 0 Å². The Morgan fingerprint density at radius 2 is 2.00 bits per heavy atom. The van der Waals surface area contributed by atoms with E-state index in [1.807, 2.05) is 0 Å². The topological polar surface area (TPSA) is 96.0 Å². The van der Waals surface area contributed by atoms with E-state index >= 15 is 0 Å². The van der Waals surface area contributed by atoms with Gasteiger partial charge >= 0.3 is 12.4 Å². The molecule has 8 nitrogen and oxygen atoms in total. The molecule has 0 atom stereocenters. The fourth-order valence-electron chi connectivity index (χ4n) is 1.82. The lowest BCUT2D eigenvalue weighted by Gasteiger charge is -2.19. The van der Waals surface area contributed by atoms with E-state index in [2.05, 4.69) is 25.2 Å². The number of nitrogens with zero attached hydrogens (tertiary/aromatic N) is 4. The summed E-state index contributed by atoms with van der Waals surface area (Å²) in [6.45, 7) is 0.195. The number of hydrogen-bond donors (Lipinski definition) is 2. The van der Waals surface area contributed by atoms with Crippen LogP contribution in [0.1, 0.15) is 0 Å². The zero-order valence-electron chi connectivity index (χ0n) is 11.9. The molecule has 0 saturated heterocycles. The molecule has 1 aromatic heterocycles. The monoisotopic (exact) mass is 341 g/mol. The average molecular weight is 341 g/mol. The maximum absolute atomic E-state index is 12.1. The fraction of sp³-hybridized carbons (Fsp3) is 0.154. The van der Waals surface area contributed by atoms with Gasteiger partial charge in [0.05, 0.1) is 12.7 Å². The van der Waals surface area contributed by atoms with E-state index < -0.39 is 6.36 Å². The van der Waals surface area contributed by atoms with Crippen molar-refractivity contribution in [2.45, 2.75) is 6.36 Å². The van der Waals surface area contributed by atoms with Crippen molar-refractivity contribution in [3.05, 3.63) is 36.3 Å². The highest BCUT2D eigenvalue weighted by Crippen LogP contribution is 2.26. The smallest absolute Gasteiger partial charge is 0.406 e. The predicted molar refractivity (Wildman–Crippen MR) is 75.1 cm³/mol. The van der Waals surface area contributed by atoms with Crippen LogP contribution in [-0.4, -0.2) is 39.5 Å². The van der Waals surface area contributed by atoms with Crippen LogP contribution in [0, 0.1) is 0 Å². The van der Waals surface area contributed by atoms with Crippen LogP contribution in [0.5, 0.6) is 5.75 Å². The van der Waals surface area contributed by atoms with Gasteiger partial charge in [-0.3, -0.25) is 15.5 Å². The van der Waals surface area contributed by atoms with Gasteiger partial charge in [-0.25, -0.2) is 5.06 Å². The summed E-state index contributed by atoms with van der Waals surface area (Å²) in [4.78, 5) is 7.89. The van der Waals surface area contributed by atoms with Crippen molar-refractivity contribution >= 4 is 12.2 Å². The maximum atomic E-state index is 12.1. The van der Waals surface area contributed by atoms with Gasteiger partial charge in [0.15, 0.2) is 5.82 Å². The van der Waals surface area contributed by atoms with E-state index in [9.17, 15) is 18.4 Å². The number of aromatic nitrogens is 2. The number of aliphatic imine (C=N–C) groups is 1. The summed E-state index contributed by atoms with van der Waals surface area (Å²) < 4.78 is 45.1. The molecule has 0 unspecified atom stereocenters. The molecule has 0 spiro atoms. The summed E-state index contributed by atoms with van der Waals surface area (Å²) in [7, 11) is 0. The summed E-state index contributed by atoms with van der Waals surface area (Å²) in [5.41, 5.74) is 0.429. The molecule has 0 bridgehead atoms. The highest BCUT2D eigenvalue weighted by molar-refractivity contribution is 5.62. The first-order valence-electron chi connectivity index (χ1n) is 6.56. The van der Waals surface area contributed by atoms with E-state index in [0.717, 1.165) is 17.2 Å². The molecule has 11 heteroatoms. The average Bonchev–Trinajstić information content (AvgIpc) is 2.97. The SMILES string of the molecule is ON1CC=NC=C1Nc1nc(-c2ccc(OC(F)(F)F)cc2)no1. The number of ether oxygens (including phenoxy) is 1. The van der Waals surface area contributed by atoms with Crippen LogP contribution >= 0.6 is 0 Å². The zero-order valence-corrected chi connectivity index (χ0v) is 11.9. The first-order chi connectivity index (χ1) is 11.4. The van der Waals surface area contributed by atoms with Crippen molar-refractivity contribution < 1.29 is 27.6 Å². The van der Waals surface area contributed by atoms with E-state index in [1.165, 1.54) is 24.5 Å². The second kappa shape index (κ2) is 6.20. The van der Waals surface area contributed by atoms with Crippen LogP contribution in [0.3, 0.4) is 0 Å². The van der Waals surface area contributed by atoms with Crippen molar-refractivity contribution in [3.63, 3.8) is 0 Å². The van der Waals surface area contributed by atoms with E-state index in [-0.39, 0.29) is 30.0 Å². The number of anilines is 1. The fourth-order valence-corrected chi connectivity index (χ4v) is 1.82. The Balaban J connectivity index is 1.71. The molecule has 1 aliphatic rings. The first-order valence-corrected chi connectivity index (χ1v) is 6.56. The molecule has 24 heavy (non-hydrogen) atoms. The van der Waals surface area contributed by atoms with Crippen molar-refractivity contribution in [1.82, 2.24) is 15.2 Å². The van der Waals surface area contributed by atoms with Gasteiger partial charge in [0.1, 0.15) is 5.75 Å². The van der Waals surface area contributed by atoms with Gasteiger partial charge < -0.3 is 9.26 Å². The zero-order chi connectivity index (χ0) is 17.2. The second-order valence-corrected chi connectivity index (χ2v) is 4.55. The molecule has 1 aromatic carbocycles. The summed E-state index contributed by atoms with van der Waals surface area (Å²) in [6, 6.07) is 4.99. The Labute approximate surface area is 132 Å². The first kappa shape index (κ1) is 15.8. The molecule has 0 saturated carbocycles. The maximum Gasteiger partial charge on any atom is 0.573 e. The van der Waals surface area contributed by atoms with Gasteiger partial charge in [0.2, 0.25) is 5.82 Å². The lowest BCUT2D eigenvalue weighted by Crippen LogP contribution is -2.27. The molecule has 126 valence electrons. The number of benzene rings is 1. The number of hydrogen-bond acceptors (Lipinski definition) is 8. The Hall–Kier alpha value is -3.08. The third kappa shape index (κ3) is 3.81. The van der Waals surface area contributed by atoms with Gasteiger partial charge in [-0.2, -0.15) is 4.98 Å². The molecular weight excluding hydrogens is 331 g/mol. The van der Waals surface area contributed by atoms with Gasteiger partial charge in [0, 0.05) is 11.8 Å². The van der Waals surface area contributed by atoms with Crippen molar-refractivity contribution in [3.8, 4) is 17.1 Å². The normalized spacial score (nSPS) is 14.5. The van der Waals surface area contributed by atoms with Crippen LogP contribution in [-0.2, 0) is 0 Å². The number of rotatable bonds is 4. The minimum atomic E-state index is -4.75. The summed E-state index contributed by atoms with van der Waals surface area (Å²) in [5, 5.41) is 16.9. The van der Waals surface area contributed by atoms with Crippen LogP contribution in [0.4, 0.5) is 19.2 Å². The lowest BCUT2D eigenvalue weighted by atomic mass is 10.2. The Morgan fingerprint density at radius 1 is 1.25 bits per heavy atom. The molecule has 2 N–H and O–H groups in total. The number of alkyl halides is 3. The molecule has 0 fully saturated rings. The minimum absolute atomic E-state index is 0.0111. The van der Waals surface area contributed by atoms with Gasteiger partial charge in [-0.15, -0.1) is 13.2 Å². The van der Waals surface area contributed by atoms with Crippen molar-refractivity contribution in [2.24, 2.45) is 4.99 Å². The van der Waals surface area contributed by atoms with Crippen LogP contribution < -0.4 is 10.1 Å². The molecule has 1 aliphatic heterocycles. The molecule has 0 aliphatic carbocycles. The summed E-state index contributed by atoms with van der Waals surface area (Å²) in [5.74, 6) is 0.0383. The van der Waals surface area contributed by atoms with Crippen molar-refractivity contribution in [1.29, 1.82) is 0 Å². The second-order valence-electron chi connectivity index (χ2n) is 4.55. The van der Waals surface area contributed by atoms with Gasteiger partial charge in [-0.1, -0.05) is 5.16 Å². The Kier molecular flexibility index (Phi) is 4.08. The largest absolute Gasteiger partial charge is 0.573 e. The lowest BCUT2D eigenvalue weighted by molar-refractivity contribution is -0.274. The molecule has 2 aromatic rings. The molecule has 3 rings (SSSR count). The summed E-state index contributed by atoms with van der Waals surface area (Å²) in [6.07, 6.45) is -1.90. The van der Waals surface area contributed by atoms with Crippen LogP contribution in [0.2, 0.25) is 0 Å². The van der Waals surface area contributed by atoms with Gasteiger partial charge in [0.25, 0.3) is 0 Å². The standard InChI is InChI=1S/C13H10F3N5O3/c14-13(15,16)23-9-3-1-8(2-4-9)11-19-12(24-20-11)18-10-7-17-5-6-21(10)22/h1-5,7,22H,6H2,(H,18,19,20). The number of nitrogens with one attached hydrogen (secondary N) is 1. The van der Waals surface area contributed by atoms with E-state index in [4.69, 9.17) is 4.52 Å². The van der Waals surface area contributed by atoms with E-state index in [0.29, 0.717) is 5.56 Å². The molecule has 2 heterocycles. The molecule has 0 radical (unpaired) electrons. The number of halogens is 3. The molecular formula is C13H10F3N5O3. The summed E-state index contributed by atoms with van der Waals surface area (Å²) >= 11 is 0. The molecule has 0 amide bonds. The van der Waals surface area contributed by atoms with Crippen molar-refractivity contribution in [2.75, 3.05) is 11.9 Å². The highest BCUT2D eigenvalue weighted by atomic mass is 19.4. The third-order valence-electron chi connectivity index (χ3n) is 2.84. The Bertz CT molecular complexity index is 770. The third-order valence-corrected chi connectivity index (χ3v) is 2.84.